The van der Waals surface area contributed by atoms with Gasteiger partial charge < -0.3 is 10.2 Å². The van der Waals surface area contributed by atoms with Crippen LogP contribution in [0.3, 0.4) is 0 Å². The third-order valence-corrected chi connectivity index (χ3v) is 6.64. The lowest BCUT2D eigenvalue weighted by atomic mass is 9.95. The summed E-state index contributed by atoms with van der Waals surface area (Å²) in [7, 11) is 0. The highest BCUT2D eigenvalue weighted by Crippen LogP contribution is 2.19. The molecular weight excluding hydrogens is 392 g/mol. The number of nitrogens with zero attached hydrogens (tertiary/aromatic N) is 1. The number of hydrogen-bond acceptors (Lipinski definition) is 3. The highest BCUT2D eigenvalue weighted by molar-refractivity contribution is 7.99. The van der Waals surface area contributed by atoms with Crippen molar-refractivity contribution in [3.8, 4) is 0 Å². The smallest absolute Gasteiger partial charge is 0.242 e. The van der Waals surface area contributed by atoms with Crippen molar-refractivity contribution in [1.82, 2.24) is 10.2 Å². The SMILES string of the molecule is C[C@H](C(=O)NC1CCCCC1)N(Cc1ccccc1)C(=O)CSCc1ccccc1. The number of amides is 2. The molecule has 0 radical (unpaired) electrons. The van der Waals surface area contributed by atoms with Crippen LogP contribution in [0.2, 0.25) is 0 Å². The van der Waals surface area contributed by atoms with Gasteiger partial charge in [0, 0.05) is 18.3 Å². The summed E-state index contributed by atoms with van der Waals surface area (Å²) in [6, 6.07) is 19.8. The molecule has 1 aliphatic rings. The van der Waals surface area contributed by atoms with Gasteiger partial charge in [-0.2, -0.15) is 0 Å². The summed E-state index contributed by atoms with van der Waals surface area (Å²) in [5.74, 6) is 1.11. The van der Waals surface area contributed by atoms with E-state index in [1.807, 2.05) is 55.5 Å². The first-order valence-electron chi connectivity index (χ1n) is 10.9. The van der Waals surface area contributed by atoms with Gasteiger partial charge in [0.15, 0.2) is 0 Å². The second-order valence-electron chi connectivity index (χ2n) is 8.01. The lowest BCUT2D eigenvalue weighted by molar-refractivity contribution is -0.139. The Labute approximate surface area is 184 Å². The molecule has 2 amide bonds. The third-order valence-electron chi connectivity index (χ3n) is 5.65. The average Bonchev–Trinajstić information content (AvgIpc) is 2.79. The van der Waals surface area contributed by atoms with E-state index in [-0.39, 0.29) is 17.9 Å². The lowest BCUT2D eigenvalue weighted by Gasteiger charge is -2.31. The van der Waals surface area contributed by atoms with Crippen LogP contribution in [0.1, 0.15) is 50.2 Å². The number of hydrogen-bond donors (Lipinski definition) is 1. The highest BCUT2D eigenvalue weighted by atomic mass is 32.2. The molecule has 0 bridgehead atoms. The van der Waals surface area contributed by atoms with Crippen LogP contribution in [-0.2, 0) is 21.9 Å². The summed E-state index contributed by atoms with van der Waals surface area (Å²) in [5, 5.41) is 3.18. The van der Waals surface area contributed by atoms with Crippen molar-refractivity contribution in [3.63, 3.8) is 0 Å². The summed E-state index contributed by atoms with van der Waals surface area (Å²) >= 11 is 1.60. The van der Waals surface area contributed by atoms with Crippen molar-refractivity contribution < 1.29 is 9.59 Å². The molecule has 0 heterocycles. The van der Waals surface area contributed by atoms with E-state index in [4.69, 9.17) is 0 Å². The molecule has 30 heavy (non-hydrogen) atoms. The van der Waals surface area contributed by atoms with Crippen molar-refractivity contribution in [2.24, 2.45) is 0 Å². The van der Waals surface area contributed by atoms with Gasteiger partial charge in [-0.15, -0.1) is 11.8 Å². The molecule has 1 saturated carbocycles. The van der Waals surface area contributed by atoms with Crippen molar-refractivity contribution in [1.29, 1.82) is 0 Å². The van der Waals surface area contributed by atoms with Gasteiger partial charge in [0.2, 0.25) is 11.8 Å². The van der Waals surface area contributed by atoms with Crippen LogP contribution < -0.4 is 5.32 Å². The van der Waals surface area contributed by atoms with Crippen LogP contribution >= 0.6 is 11.8 Å². The van der Waals surface area contributed by atoms with E-state index in [0.717, 1.165) is 24.2 Å². The van der Waals surface area contributed by atoms with E-state index in [0.29, 0.717) is 12.3 Å². The Kier molecular flexibility index (Phi) is 8.81. The second kappa shape index (κ2) is 11.8. The van der Waals surface area contributed by atoms with Crippen LogP contribution in [0.25, 0.3) is 0 Å². The van der Waals surface area contributed by atoms with Crippen molar-refractivity contribution in [3.05, 3.63) is 71.8 Å². The fourth-order valence-electron chi connectivity index (χ4n) is 3.84. The van der Waals surface area contributed by atoms with E-state index in [1.54, 1.807) is 16.7 Å². The molecule has 3 rings (SSSR count). The Morgan fingerprint density at radius 2 is 1.57 bits per heavy atom. The second-order valence-corrected chi connectivity index (χ2v) is 8.99. The Balaban J connectivity index is 1.62. The molecule has 2 aromatic carbocycles. The van der Waals surface area contributed by atoms with Gasteiger partial charge in [-0.25, -0.2) is 0 Å². The fraction of sp³-hybridized carbons (Fsp3) is 0.440. The van der Waals surface area contributed by atoms with Gasteiger partial charge >= 0.3 is 0 Å². The molecule has 5 heteroatoms. The van der Waals surface area contributed by atoms with Crippen LogP contribution in [0.5, 0.6) is 0 Å². The summed E-state index contributed by atoms with van der Waals surface area (Å²) in [5.41, 5.74) is 2.24. The van der Waals surface area contributed by atoms with E-state index in [9.17, 15) is 9.59 Å². The van der Waals surface area contributed by atoms with Crippen molar-refractivity contribution in [2.75, 3.05) is 5.75 Å². The third kappa shape index (κ3) is 6.91. The number of carbonyl (C=O) groups is 2. The zero-order valence-electron chi connectivity index (χ0n) is 17.8. The first-order valence-corrected chi connectivity index (χ1v) is 12.0. The molecule has 0 aliphatic heterocycles. The van der Waals surface area contributed by atoms with E-state index in [1.165, 1.54) is 24.8 Å². The van der Waals surface area contributed by atoms with Gasteiger partial charge in [0.1, 0.15) is 6.04 Å². The summed E-state index contributed by atoms with van der Waals surface area (Å²) in [6.45, 7) is 2.30. The van der Waals surface area contributed by atoms with Crippen LogP contribution in [0, 0.1) is 0 Å². The first-order chi connectivity index (χ1) is 14.6. The topological polar surface area (TPSA) is 49.4 Å². The minimum absolute atomic E-state index is 0.00563. The van der Waals surface area contributed by atoms with Gasteiger partial charge in [0.05, 0.1) is 5.75 Å². The number of rotatable bonds is 9. The van der Waals surface area contributed by atoms with E-state index < -0.39 is 6.04 Å². The number of nitrogens with one attached hydrogen (secondary N) is 1. The van der Waals surface area contributed by atoms with Crippen LogP contribution in [0.4, 0.5) is 0 Å². The molecule has 0 saturated heterocycles. The number of benzene rings is 2. The Morgan fingerprint density at radius 3 is 2.20 bits per heavy atom. The zero-order valence-corrected chi connectivity index (χ0v) is 18.6. The molecule has 4 nitrogen and oxygen atoms in total. The minimum Gasteiger partial charge on any atom is -0.352 e. The average molecular weight is 425 g/mol. The first kappa shape index (κ1) is 22.4. The largest absolute Gasteiger partial charge is 0.352 e. The van der Waals surface area contributed by atoms with E-state index in [2.05, 4.69) is 17.4 Å². The molecule has 1 N–H and O–H groups in total. The zero-order chi connectivity index (χ0) is 21.2. The van der Waals surface area contributed by atoms with Gasteiger partial charge in [-0.1, -0.05) is 79.9 Å². The molecule has 1 atom stereocenters. The maximum absolute atomic E-state index is 13.1. The molecule has 0 unspecified atom stereocenters. The van der Waals surface area contributed by atoms with E-state index >= 15 is 0 Å². The molecule has 2 aromatic rings. The predicted molar refractivity (Wildman–Crippen MR) is 124 cm³/mol. The molecular formula is C25H32N2O2S. The Morgan fingerprint density at radius 1 is 0.967 bits per heavy atom. The maximum Gasteiger partial charge on any atom is 0.242 e. The van der Waals surface area contributed by atoms with Gasteiger partial charge in [-0.3, -0.25) is 9.59 Å². The van der Waals surface area contributed by atoms with Crippen molar-refractivity contribution >= 4 is 23.6 Å². The summed E-state index contributed by atoms with van der Waals surface area (Å²) < 4.78 is 0. The molecule has 160 valence electrons. The molecule has 1 aliphatic carbocycles. The predicted octanol–water partition coefficient (Wildman–Crippen LogP) is 4.79. The molecule has 1 fully saturated rings. The van der Waals surface area contributed by atoms with Crippen molar-refractivity contribution in [2.45, 2.75) is 63.4 Å². The number of carbonyl (C=O) groups excluding carboxylic acids is 2. The minimum atomic E-state index is -0.489. The monoisotopic (exact) mass is 424 g/mol. The lowest BCUT2D eigenvalue weighted by Crippen LogP contribution is -2.50. The Bertz CT molecular complexity index is 791. The Hall–Kier alpha value is -2.27. The molecule has 0 spiro atoms. The summed E-state index contributed by atoms with van der Waals surface area (Å²) in [6.07, 6.45) is 5.67. The van der Waals surface area contributed by atoms with Crippen LogP contribution in [-0.4, -0.2) is 34.6 Å². The maximum atomic E-state index is 13.1. The molecule has 0 aromatic heterocycles. The fourth-order valence-corrected chi connectivity index (χ4v) is 4.72. The highest BCUT2D eigenvalue weighted by Gasteiger charge is 2.27. The van der Waals surface area contributed by atoms with Gasteiger partial charge in [0.25, 0.3) is 0 Å². The summed E-state index contributed by atoms with van der Waals surface area (Å²) in [4.78, 5) is 27.8. The van der Waals surface area contributed by atoms with Crippen LogP contribution in [0.15, 0.2) is 60.7 Å². The van der Waals surface area contributed by atoms with Gasteiger partial charge in [-0.05, 0) is 30.9 Å². The quantitative estimate of drug-likeness (QED) is 0.630. The standard InChI is InChI=1S/C25H32N2O2S/c1-20(25(29)26-23-15-9-4-10-16-23)27(17-21-11-5-2-6-12-21)24(28)19-30-18-22-13-7-3-8-14-22/h2-3,5-8,11-14,20,23H,4,9-10,15-19H2,1H3,(H,26,29)/t20-/m1/s1. The normalized spacial score (nSPS) is 15.4. The number of thioether (sulfide) groups is 1.